The van der Waals surface area contributed by atoms with Crippen molar-refractivity contribution < 1.29 is 0 Å². The molecule has 0 radical (unpaired) electrons. The lowest BCUT2D eigenvalue weighted by Crippen LogP contribution is -2.27. The van der Waals surface area contributed by atoms with Gasteiger partial charge in [-0.05, 0) is 50.1 Å². The maximum absolute atomic E-state index is 13.9. The Balaban J connectivity index is 1.63. The van der Waals surface area contributed by atoms with Crippen molar-refractivity contribution in [1.82, 2.24) is 34.3 Å². The molecule has 0 fully saturated rings. The highest BCUT2D eigenvalue weighted by Gasteiger charge is 2.21. The summed E-state index contributed by atoms with van der Waals surface area (Å²) in [6, 6.07) is 17.6. The van der Waals surface area contributed by atoms with Gasteiger partial charge in [-0.1, -0.05) is 42.0 Å². The minimum Gasteiger partial charge on any atom is -0.383 e. The number of hydrogen-bond acceptors (Lipinski definition) is 7. The SMILES string of the molecule is Cc1cccc(-c2nn(Cc3nc4nccc(C)c4c(=O)n3-c3ccccc3C)c3ncnc(N)c23)c1. The Morgan fingerprint density at radius 2 is 1.73 bits per heavy atom. The zero-order chi connectivity index (χ0) is 25.7. The van der Waals surface area contributed by atoms with Gasteiger partial charge in [0.2, 0.25) is 0 Å². The third-order valence-corrected chi connectivity index (χ3v) is 6.55. The molecule has 9 heteroatoms. The van der Waals surface area contributed by atoms with Crippen LogP contribution in [0.15, 0.2) is 71.9 Å². The monoisotopic (exact) mass is 488 g/mol. The van der Waals surface area contributed by atoms with Crippen LogP contribution in [0.3, 0.4) is 0 Å². The summed E-state index contributed by atoms with van der Waals surface area (Å²) in [5.41, 5.74) is 12.3. The quantitative estimate of drug-likeness (QED) is 0.396. The fourth-order valence-corrected chi connectivity index (χ4v) is 4.73. The molecule has 0 unspecified atom stereocenters. The molecule has 4 aromatic heterocycles. The molecule has 0 spiro atoms. The van der Waals surface area contributed by atoms with E-state index >= 15 is 0 Å². The van der Waals surface area contributed by atoms with Gasteiger partial charge in [0.05, 0.1) is 16.5 Å². The van der Waals surface area contributed by atoms with Crippen molar-refractivity contribution in [2.45, 2.75) is 27.3 Å². The Hall–Kier alpha value is -4.92. The molecule has 4 heterocycles. The van der Waals surface area contributed by atoms with E-state index in [-0.39, 0.29) is 12.1 Å². The van der Waals surface area contributed by atoms with Crippen molar-refractivity contribution in [2.24, 2.45) is 0 Å². The summed E-state index contributed by atoms with van der Waals surface area (Å²) in [4.78, 5) is 31.9. The maximum Gasteiger partial charge on any atom is 0.267 e. The fourth-order valence-electron chi connectivity index (χ4n) is 4.73. The van der Waals surface area contributed by atoms with E-state index in [1.807, 2.05) is 75.4 Å². The Morgan fingerprint density at radius 3 is 2.54 bits per heavy atom. The van der Waals surface area contributed by atoms with E-state index in [4.69, 9.17) is 15.8 Å². The molecule has 0 saturated carbocycles. The van der Waals surface area contributed by atoms with Crippen LogP contribution in [0.2, 0.25) is 0 Å². The minimum atomic E-state index is -0.176. The van der Waals surface area contributed by atoms with Crippen LogP contribution in [-0.2, 0) is 6.54 Å². The molecule has 37 heavy (non-hydrogen) atoms. The summed E-state index contributed by atoms with van der Waals surface area (Å²) in [5.74, 6) is 0.829. The summed E-state index contributed by atoms with van der Waals surface area (Å²) in [5, 5.41) is 6.05. The number of rotatable bonds is 4. The van der Waals surface area contributed by atoms with Gasteiger partial charge in [-0.3, -0.25) is 9.36 Å². The van der Waals surface area contributed by atoms with E-state index in [2.05, 4.69) is 15.0 Å². The Morgan fingerprint density at radius 1 is 0.892 bits per heavy atom. The molecule has 0 bridgehead atoms. The second kappa shape index (κ2) is 8.63. The smallest absolute Gasteiger partial charge is 0.267 e. The number of nitrogen functional groups attached to an aromatic ring is 1. The van der Waals surface area contributed by atoms with Crippen LogP contribution in [0.1, 0.15) is 22.5 Å². The van der Waals surface area contributed by atoms with Crippen molar-refractivity contribution in [3.8, 4) is 16.9 Å². The molecule has 2 N–H and O–H groups in total. The Bertz CT molecular complexity index is 1890. The molecule has 0 atom stereocenters. The average molecular weight is 489 g/mol. The van der Waals surface area contributed by atoms with E-state index in [0.717, 1.165) is 27.9 Å². The number of hydrogen-bond donors (Lipinski definition) is 1. The first-order valence-corrected chi connectivity index (χ1v) is 11.9. The number of nitrogens with two attached hydrogens (primary N) is 1. The number of nitrogens with zero attached hydrogens (tertiary/aromatic N) is 7. The molecule has 0 aliphatic rings. The number of benzene rings is 2. The fraction of sp³-hybridized carbons (Fsp3) is 0.143. The minimum absolute atomic E-state index is 0.175. The third-order valence-electron chi connectivity index (χ3n) is 6.55. The van der Waals surface area contributed by atoms with Gasteiger partial charge in [0, 0.05) is 11.8 Å². The van der Waals surface area contributed by atoms with E-state index in [9.17, 15) is 4.79 Å². The van der Waals surface area contributed by atoms with E-state index in [1.165, 1.54) is 6.33 Å². The second-order valence-electron chi connectivity index (χ2n) is 9.11. The van der Waals surface area contributed by atoms with Crippen LogP contribution in [0.5, 0.6) is 0 Å². The molecular weight excluding hydrogens is 464 g/mol. The summed E-state index contributed by atoms with van der Waals surface area (Å²) >= 11 is 0. The van der Waals surface area contributed by atoms with Crippen LogP contribution in [-0.4, -0.2) is 34.3 Å². The van der Waals surface area contributed by atoms with Crippen molar-refractivity contribution in [3.05, 3.63) is 100.0 Å². The molecule has 0 aliphatic carbocycles. The number of para-hydroxylation sites is 1. The first-order valence-electron chi connectivity index (χ1n) is 11.9. The van der Waals surface area contributed by atoms with E-state index < -0.39 is 0 Å². The lowest BCUT2D eigenvalue weighted by Gasteiger charge is -2.16. The summed E-state index contributed by atoms with van der Waals surface area (Å²) in [7, 11) is 0. The molecule has 0 saturated heterocycles. The van der Waals surface area contributed by atoms with Gasteiger partial charge in [-0.2, -0.15) is 5.10 Å². The predicted molar refractivity (Wildman–Crippen MR) is 144 cm³/mol. The van der Waals surface area contributed by atoms with Crippen molar-refractivity contribution in [2.75, 3.05) is 5.73 Å². The standard InChI is InChI=1S/C28H24N8O/c1-16-7-6-9-19(13-16)24-23-25(29)31-15-32-27(23)35(34-24)14-21-33-26-22(18(3)11-12-30-26)28(37)36(21)20-10-5-4-8-17(20)2/h4-13,15H,14H2,1-3H3,(H2,29,31,32). The largest absolute Gasteiger partial charge is 0.383 e. The van der Waals surface area contributed by atoms with Gasteiger partial charge >= 0.3 is 0 Å². The van der Waals surface area contributed by atoms with Gasteiger partial charge in [0.15, 0.2) is 11.3 Å². The van der Waals surface area contributed by atoms with Crippen LogP contribution >= 0.6 is 0 Å². The zero-order valence-electron chi connectivity index (χ0n) is 20.7. The number of aromatic nitrogens is 7. The highest BCUT2D eigenvalue weighted by molar-refractivity contribution is 5.98. The van der Waals surface area contributed by atoms with Gasteiger partial charge in [0.1, 0.15) is 30.2 Å². The molecule has 6 rings (SSSR count). The van der Waals surface area contributed by atoms with Crippen molar-refractivity contribution >= 4 is 27.9 Å². The highest BCUT2D eigenvalue weighted by Crippen LogP contribution is 2.31. The van der Waals surface area contributed by atoms with E-state index in [1.54, 1.807) is 15.4 Å². The second-order valence-corrected chi connectivity index (χ2v) is 9.11. The maximum atomic E-state index is 13.9. The van der Waals surface area contributed by atoms with Crippen molar-refractivity contribution in [3.63, 3.8) is 0 Å². The van der Waals surface area contributed by atoms with E-state index in [0.29, 0.717) is 39.4 Å². The normalized spacial score (nSPS) is 11.4. The van der Waals surface area contributed by atoms with Gasteiger partial charge in [-0.15, -0.1) is 0 Å². The number of pyridine rings is 1. The van der Waals surface area contributed by atoms with Gasteiger partial charge < -0.3 is 5.73 Å². The van der Waals surface area contributed by atoms with Crippen LogP contribution in [0.25, 0.3) is 39.0 Å². The van der Waals surface area contributed by atoms with Crippen LogP contribution in [0, 0.1) is 20.8 Å². The van der Waals surface area contributed by atoms with Crippen molar-refractivity contribution in [1.29, 1.82) is 0 Å². The molecule has 6 aromatic rings. The number of aryl methyl sites for hydroxylation is 3. The summed E-state index contributed by atoms with van der Waals surface area (Å²) < 4.78 is 3.37. The highest BCUT2D eigenvalue weighted by atomic mass is 16.1. The zero-order valence-corrected chi connectivity index (χ0v) is 20.7. The first-order chi connectivity index (χ1) is 17.9. The molecule has 182 valence electrons. The van der Waals surface area contributed by atoms with Crippen LogP contribution < -0.4 is 11.3 Å². The predicted octanol–water partition coefficient (Wildman–Crippen LogP) is 4.14. The summed E-state index contributed by atoms with van der Waals surface area (Å²) in [6.45, 7) is 6.06. The molecule has 0 aliphatic heterocycles. The Kier molecular flexibility index (Phi) is 5.26. The third kappa shape index (κ3) is 3.72. The number of fused-ring (bicyclic) bond motifs is 2. The lowest BCUT2D eigenvalue weighted by molar-refractivity contribution is 0.650. The number of anilines is 1. The van der Waals surface area contributed by atoms with Gasteiger partial charge in [-0.25, -0.2) is 24.6 Å². The Labute approximate surface area is 212 Å². The first kappa shape index (κ1) is 22.5. The summed E-state index contributed by atoms with van der Waals surface area (Å²) in [6.07, 6.45) is 3.09. The molecular formula is C28H24N8O. The molecule has 0 amide bonds. The molecule has 2 aromatic carbocycles. The lowest BCUT2D eigenvalue weighted by atomic mass is 10.1. The van der Waals surface area contributed by atoms with Crippen LogP contribution in [0.4, 0.5) is 5.82 Å². The molecule has 9 nitrogen and oxygen atoms in total. The average Bonchev–Trinajstić information content (AvgIpc) is 3.25. The topological polar surface area (TPSA) is 117 Å². The van der Waals surface area contributed by atoms with Gasteiger partial charge in [0.25, 0.3) is 5.56 Å².